The van der Waals surface area contributed by atoms with Crippen LogP contribution in [0.2, 0.25) is 5.02 Å². The molecular formula is C7H5Cl2NO. The van der Waals surface area contributed by atoms with Crippen molar-refractivity contribution in [1.82, 2.24) is 4.98 Å². The number of ketones is 1. The molecule has 0 saturated heterocycles. The van der Waals surface area contributed by atoms with Crippen molar-refractivity contribution in [1.29, 1.82) is 0 Å². The van der Waals surface area contributed by atoms with Crippen LogP contribution in [-0.2, 0) is 0 Å². The topological polar surface area (TPSA) is 30.0 Å². The average molecular weight is 190 g/mol. The Hall–Kier alpha value is -0.600. The van der Waals surface area contributed by atoms with Gasteiger partial charge in [0.15, 0.2) is 5.78 Å². The molecule has 0 aliphatic heterocycles. The Bertz CT molecular complexity index is 275. The molecule has 0 aromatic carbocycles. The van der Waals surface area contributed by atoms with E-state index in [0.29, 0.717) is 10.6 Å². The standard InChI is InChI=1S/C7H5Cl2NO/c8-2-7(11)5-1-6(9)4-10-3-5/h1,3-4H,2H2. The van der Waals surface area contributed by atoms with Gasteiger partial charge in [-0.25, -0.2) is 0 Å². The summed E-state index contributed by atoms with van der Waals surface area (Å²) in [6.07, 6.45) is 2.91. The predicted octanol–water partition coefficient (Wildman–Crippen LogP) is 2.16. The summed E-state index contributed by atoms with van der Waals surface area (Å²) < 4.78 is 0. The molecule has 2 nitrogen and oxygen atoms in total. The maximum atomic E-state index is 10.9. The van der Waals surface area contributed by atoms with Gasteiger partial charge in [0.05, 0.1) is 10.9 Å². The van der Waals surface area contributed by atoms with Crippen LogP contribution in [0.15, 0.2) is 18.5 Å². The predicted molar refractivity (Wildman–Crippen MR) is 44.3 cm³/mol. The Balaban J connectivity index is 2.96. The Morgan fingerprint density at radius 1 is 1.55 bits per heavy atom. The molecule has 0 saturated carbocycles. The van der Waals surface area contributed by atoms with Crippen LogP contribution >= 0.6 is 23.2 Å². The van der Waals surface area contributed by atoms with Crippen LogP contribution in [0.1, 0.15) is 10.4 Å². The number of rotatable bonds is 2. The molecule has 0 unspecified atom stereocenters. The molecule has 58 valence electrons. The summed E-state index contributed by atoms with van der Waals surface area (Å²) in [5.74, 6) is -0.205. The zero-order chi connectivity index (χ0) is 8.27. The second kappa shape index (κ2) is 3.69. The Morgan fingerprint density at radius 2 is 2.27 bits per heavy atom. The first-order chi connectivity index (χ1) is 5.24. The number of Topliss-reactive ketones (excluding diaryl/α,β-unsaturated/α-hetero) is 1. The molecule has 0 atom stereocenters. The zero-order valence-corrected chi connectivity index (χ0v) is 7.06. The van der Waals surface area contributed by atoms with Crippen LogP contribution in [0, 0.1) is 0 Å². The van der Waals surface area contributed by atoms with Crippen LogP contribution in [0.25, 0.3) is 0 Å². The molecule has 1 rings (SSSR count). The van der Waals surface area contributed by atoms with E-state index in [-0.39, 0.29) is 11.7 Å². The molecule has 11 heavy (non-hydrogen) atoms. The lowest BCUT2D eigenvalue weighted by atomic mass is 10.2. The Kier molecular flexibility index (Phi) is 2.85. The largest absolute Gasteiger partial charge is 0.293 e. The van der Waals surface area contributed by atoms with Crippen molar-refractivity contribution in [2.24, 2.45) is 0 Å². The fourth-order valence-electron chi connectivity index (χ4n) is 0.642. The first kappa shape index (κ1) is 8.50. The number of hydrogen-bond acceptors (Lipinski definition) is 2. The number of hydrogen-bond donors (Lipinski definition) is 0. The van der Waals surface area contributed by atoms with E-state index in [4.69, 9.17) is 23.2 Å². The molecule has 1 aromatic heterocycles. The normalized spacial score (nSPS) is 9.64. The monoisotopic (exact) mass is 189 g/mol. The van der Waals surface area contributed by atoms with Gasteiger partial charge in [-0.05, 0) is 6.07 Å². The van der Waals surface area contributed by atoms with Crippen molar-refractivity contribution in [3.8, 4) is 0 Å². The molecule has 0 aliphatic carbocycles. The highest BCUT2D eigenvalue weighted by Gasteiger charge is 2.03. The minimum atomic E-state index is -0.165. The minimum Gasteiger partial charge on any atom is -0.293 e. The summed E-state index contributed by atoms with van der Waals surface area (Å²) in [7, 11) is 0. The highest BCUT2D eigenvalue weighted by molar-refractivity contribution is 6.32. The van der Waals surface area contributed by atoms with Crippen LogP contribution in [-0.4, -0.2) is 16.6 Å². The van der Waals surface area contributed by atoms with Gasteiger partial charge in [0.2, 0.25) is 0 Å². The lowest BCUT2D eigenvalue weighted by Gasteiger charge is -1.94. The Morgan fingerprint density at radius 3 is 2.82 bits per heavy atom. The summed E-state index contributed by atoms with van der Waals surface area (Å²) in [5.41, 5.74) is 0.451. The van der Waals surface area contributed by atoms with Gasteiger partial charge in [-0.1, -0.05) is 11.6 Å². The lowest BCUT2D eigenvalue weighted by Crippen LogP contribution is -2.00. The number of carbonyl (C=O) groups excluding carboxylic acids is 1. The van der Waals surface area contributed by atoms with Gasteiger partial charge in [-0.3, -0.25) is 9.78 Å². The molecule has 0 aliphatic rings. The zero-order valence-electron chi connectivity index (χ0n) is 5.55. The van der Waals surface area contributed by atoms with E-state index in [2.05, 4.69) is 4.98 Å². The number of halogens is 2. The third-order valence-corrected chi connectivity index (χ3v) is 1.60. The smallest absolute Gasteiger partial charge is 0.179 e. The highest BCUT2D eigenvalue weighted by atomic mass is 35.5. The number of aromatic nitrogens is 1. The highest BCUT2D eigenvalue weighted by Crippen LogP contribution is 2.09. The van der Waals surface area contributed by atoms with Crippen molar-refractivity contribution in [3.05, 3.63) is 29.0 Å². The van der Waals surface area contributed by atoms with E-state index in [1.165, 1.54) is 12.4 Å². The van der Waals surface area contributed by atoms with E-state index in [1.54, 1.807) is 6.07 Å². The number of carbonyl (C=O) groups is 1. The van der Waals surface area contributed by atoms with Crippen molar-refractivity contribution < 1.29 is 4.79 Å². The van der Waals surface area contributed by atoms with E-state index >= 15 is 0 Å². The molecule has 4 heteroatoms. The second-order valence-electron chi connectivity index (χ2n) is 1.95. The molecule has 1 aromatic rings. The third kappa shape index (κ3) is 2.17. The fourth-order valence-corrected chi connectivity index (χ4v) is 0.970. The molecule has 0 amide bonds. The quantitative estimate of drug-likeness (QED) is 0.528. The fraction of sp³-hybridized carbons (Fsp3) is 0.143. The lowest BCUT2D eigenvalue weighted by molar-refractivity contribution is 0.102. The van der Waals surface area contributed by atoms with Crippen LogP contribution in [0.5, 0.6) is 0 Å². The first-order valence-corrected chi connectivity index (χ1v) is 3.85. The number of pyridine rings is 1. The molecule has 0 N–H and O–H groups in total. The van der Waals surface area contributed by atoms with Crippen molar-refractivity contribution >= 4 is 29.0 Å². The van der Waals surface area contributed by atoms with Gasteiger partial charge in [0, 0.05) is 18.0 Å². The van der Waals surface area contributed by atoms with Gasteiger partial charge in [-0.2, -0.15) is 0 Å². The van der Waals surface area contributed by atoms with Crippen LogP contribution in [0.3, 0.4) is 0 Å². The summed E-state index contributed by atoms with van der Waals surface area (Å²) in [6.45, 7) is 0. The summed E-state index contributed by atoms with van der Waals surface area (Å²) in [6, 6.07) is 1.54. The molecule has 0 bridgehead atoms. The van der Waals surface area contributed by atoms with Crippen LogP contribution < -0.4 is 0 Å². The SMILES string of the molecule is O=C(CCl)c1cncc(Cl)c1. The number of alkyl halides is 1. The Labute approximate surface area is 74.1 Å². The van der Waals surface area contributed by atoms with Crippen molar-refractivity contribution in [2.45, 2.75) is 0 Å². The van der Waals surface area contributed by atoms with Gasteiger partial charge in [0.1, 0.15) is 0 Å². The summed E-state index contributed by atoms with van der Waals surface area (Å²) in [5, 5.41) is 0.445. The summed E-state index contributed by atoms with van der Waals surface area (Å²) in [4.78, 5) is 14.7. The first-order valence-electron chi connectivity index (χ1n) is 2.94. The van der Waals surface area contributed by atoms with Gasteiger partial charge in [0.25, 0.3) is 0 Å². The summed E-state index contributed by atoms with van der Waals surface area (Å²) >= 11 is 10.9. The van der Waals surface area contributed by atoms with E-state index in [1.807, 2.05) is 0 Å². The van der Waals surface area contributed by atoms with Crippen molar-refractivity contribution in [2.75, 3.05) is 5.88 Å². The van der Waals surface area contributed by atoms with E-state index in [0.717, 1.165) is 0 Å². The third-order valence-electron chi connectivity index (χ3n) is 1.15. The van der Waals surface area contributed by atoms with Gasteiger partial charge < -0.3 is 0 Å². The number of nitrogens with zero attached hydrogens (tertiary/aromatic N) is 1. The van der Waals surface area contributed by atoms with Crippen molar-refractivity contribution in [3.63, 3.8) is 0 Å². The van der Waals surface area contributed by atoms with Gasteiger partial charge >= 0.3 is 0 Å². The average Bonchev–Trinajstić information content (AvgIpc) is 2.03. The minimum absolute atomic E-state index is 0.0397. The molecule has 0 radical (unpaired) electrons. The molecule has 1 heterocycles. The molecular weight excluding hydrogens is 185 g/mol. The van der Waals surface area contributed by atoms with Gasteiger partial charge in [-0.15, -0.1) is 11.6 Å². The molecule has 0 spiro atoms. The maximum Gasteiger partial charge on any atom is 0.179 e. The maximum absolute atomic E-state index is 10.9. The van der Waals surface area contributed by atoms with E-state index < -0.39 is 0 Å². The molecule has 0 fully saturated rings. The van der Waals surface area contributed by atoms with E-state index in [9.17, 15) is 4.79 Å². The second-order valence-corrected chi connectivity index (χ2v) is 2.65. The van der Waals surface area contributed by atoms with Crippen LogP contribution in [0.4, 0.5) is 0 Å².